The zero-order valence-corrected chi connectivity index (χ0v) is 12.0. The summed E-state index contributed by atoms with van der Waals surface area (Å²) in [7, 11) is -1.72. The van der Waals surface area contributed by atoms with Crippen molar-refractivity contribution in [2.75, 3.05) is 0 Å². The first-order valence-electron chi connectivity index (χ1n) is 3.71. The van der Waals surface area contributed by atoms with E-state index in [9.17, 15) is 0 Å². The molecule has 0 atom stereocenters. The second kappa shape index (κ2) is 6.47. The quantitative estimate of drug-likeness (QED) is 0.441. The molecule has 0 rings (SSSR count). The molecule has 0 aliphatic rings. The van der Waals surface area contributed by atoms with Crippen molar-refractivity contribution in [3.8, 4) is 0 Å². The van der Waals surface area contributed by atoms with Crippen molar-refractivity contribution in [2.45, 2.75) is 39.3 Å². The number of hydrogen-bond acceptors (Lipinski definition) is 0. The molecule has 0 spiro atoms. The van der Waals surface area contributed by atoms with Crippen LogP contribution < -0.4 is 0 Å². The Bertz CT molecular complexity index is 55.1. The van der Waals surface area contributed by atoms with Crippen LogP contribution in [0.5, 0.6) is 0 Å². The fourth-order valence-corrected chi connectivity index (χ4v) is 0. The van der Waals surface area contributed by atoms with Crippen molar-refractivity contribution in [3.05, 3.63) is 13.1 Å². The van der Waals surface area contributed by atoms with E-state index in [2.05, 4.69) is 52.4 Å². The van der Waals surface area contributed by atoms with Crippen LogP contribution in [0.4, 0.5) is 0 Å². The summed E-state index contributed by atoms with van der Waals surface area (Å²) in [6, 6.07) is 0. The van der Waals surface area contributed by atoms with E-state index >= 15 is 0 Å². The van der Waals surface area contributed by atoms with Crippen molar-refractivity contribution in [3.63, 3.8) is 0 Å². The topological polar surface area (TPSA) is 0 Å². The Morgan fingerprint density at radius 2 is 0.636 bits per heavy atom. The summed E-state index contributed by atoms with van der Waals surface area (Å²) in [6.07, 6.45) is 0. The summed E-state index contributed by atoms with van der Waals surface area (Å²) in [5.74, 6) is 0. The molecule has 0 aromatic heterocycles. The molecule has 0 heterocycles. The van der Waals surface area contributed by atoms with E-state index in [1.807, 2.05) is 0 Å². The Hall–Kier alpha value is 0.953. The maximum atomic E-state index is 3.91. The van der Waals surface area contributed by atoms with Gasteiger partial charge in [-0.1, -0.05) is 39.3 Å². The van der Waals surface area contributed by atoms with Gasteiger partial charge in [0.05, 0.1) is 0 Å². The standard InChI is InChI=1S/2C4H11Si.Mn/c2*1-5(2,3)4;/h2*1H2,2-4H3;/q2*-1;+2. The van der Waals surface area contributed by atoms with E-state index in [1.54, 1.807) is 0 Å². The molecule has 1 radical (unpaired) electrons. The van der Waals surface area contributed by atoms with Crippen molar-refractivity contribution < 1.29 is 17.1 Å². The third kappa shape index (κ3) is 966. The number of rotatable bonds is 0. The van der Waals surface area contributed by atoms with E-state index in [1.165, 1.54) is 0 Å². The van der Waals surface area contributed by atoms with E-state index in [-0.39, 0.29) is 17.1 Å². The van der Waals surface area contributed by atoms with Crippen LogP contribution in [-0.4, -0.2) is 16.1 Å². The van der Waals surface area contributed by atoms with Gasteiger partial charge in [-0.25, -0.2) is 0 Å². The van der Waals surface area contributed by atoms with E-state index in [0.29, 0.717) is 0 Å². The molecule has 69 valence electrons. The molecule has 0 aliphatic heterocycles. The van der Waals surface area contributed by atoms with Crippen LogP contribution in [0.1, 0.15) is 0 Å². The Morgan fingerprint density at radius 3 is 0.636 bits per heavy atom. The summed E-state index contributed by atoms with van der Waals surface area (Å²) >= 11 is 0. The average Bonchev–Trinajstić information content (AvgIpc) is 1.12. The zero-order valence-electron chi connectivity index (χ0n) is 8.79. The maximum Gasteiger partial charge on any atom is 2.00 e. The molecule has 0 saturated heterocycles. The minimum atomic E-state index is -0.861. The van der Waals surface area contributed by atoms with Crippen LogP contribution in [-0.2, 0) is 17.1 Å². The van der Waals surface area contributed by atoms with Gasteiger partial charge >= 0.3 is 17.1 Å². The minimum absolute atomic E-state index is 0. The minimum Gasteiger partial charge on any atom is -0.342 e. The van der Waals surface area contributed by atoms with Gasteiger partial charge in [0.25, 0.3) is 0 Å². The maximum absolute atomic E-state index is 3.91. The average molecular weight is 229 g/mol. The third-order valence-corrected chi connectivity index (χ3v) is 0. The molecular formula is C8H22MnSi2. The van der Waals surface area contributed by atoms with Gasteiger partial charge in [0.2, 0.25) is 0 Å². The molecule has 0 saturated carbocycles. The number of hydrogen-bond donors (Lipinski definition) is 0. The second-order valence-corrected chi connectivity index (χ2v) is 15.4. The van der Waals surface area contributed by atoms with E-state index < -0.39 is 16.1 Å². The van der Waals surface area contributed by atoms with E-state index in [0.717, 1.165) is 0 Å². The molecule has 0 fully saturated rings. The Labute approximate surface area is 85.7 Å². The van der Waals surface area contributed by atoms with Crippen molar-refractivity contribution in [1.82, 2.24) is 0 Å². The molecule has 3 heteroatoms. The van der Waals surface area contributed by atoms with Crippen LogP contribution in [0, 0.1) is 13.1 Å². The van der Waals surface area contributed by atoms with E-state index in [4.69, 9.17) is 0 Å². The fourth-order valence-electron chi connectivity index (χ4n) is 0. The van der Waals surface area contributed by atoms with Gasteiger partial charge in [0.15, 0.2) is 0 Å². The first-order chi connectivity index (χ1) is 4.00. The molecule has 0 amide bonds. The first-order valence-corrected chi connectivity index (χ1v) is 11.1. The van der Waals surface area contributed by atoms with Gasteiger partial charge < -0.3 is 13.1 Å². The van der Waals surface area contributed by atoms with Gasteiger partial charge in [0, 0.05) is 0 Å². The fraction of sp³-hybridized carbons (Fsp3) is 0.750. The molecular weight excluding hydrogens is 207 g/mol. The molecule has 0 aromatic rings. The largest absolute Gasteiger partial charge is 2.00 e. The summed E-state index contributed by atoms with van der Waals surface area (Å²) in [5, 5.41) is 0. The summed E-state index contributed by atoms with van der Waals surface area (Å²) in [5.41, 5.74) is 0. The summed E-state index contributed by atoms with van der Waals surface area (Å²) < 4.78 is 0. The second-order valence-electron chi connectivity index (χ2n) is 5.12. The first kappa shape index (κ1) is 17.9. The van der Waals surface area contributed by atoms with Crippen LogP contribution >= 0.6 is 0 Å². The predicted octanol–water partition coefficient (Wildman–Crippen LogP) is 3.39. The molecule has 0 nitrogen and oxygen atoms in total. The van der Waals surface area contributed by atoms with Gasteiger partial charge in [-0.2, -0.15) is 0 Å². The Kier molecular flexibility index (Phi) is 10.5. The molecule has 0 bridgehead atoms. The third-order valence-electron chi connectivity index (χ3n) is 0. The summed E-state index contributed by atoms with van der Waals surface area (Å²) in [4.78, 5) is 0. The zero-order chi connectivity index (χ0) is 9.00. The Balaban J connectivity index is -0.000000107. The van der Waals surface area contributed by atoms with Gasteiger partial charge in [-0.05, 0) is 0 Å². The van der Waals surface area contributed by atoms with Gasteiger partial charge in [0.1, 0.15) is 0 Å². The van der Waals surface area contributed by atoms with Gasteiger partial charge in [-0.15, -0.1) is 16.1 Å². The Morgan fingerprint density at radius 1 is 0.636 bits per heavy atom. The molecule has 0 N–H and O–H groups in total. The normalized spacial score (nSPS) is 10.9. The van der Waals surface area contributed by atoms with Crippen LogP contribution in [0.2, 0.25) is 39.3 Å². The smallest absolute Gasteiger partial charge is 0.342 e. The van der Waals surface area contributed by atoms with Crippen LogP contribution in [0.3, 0.4) is 0 Å². The van der Waals surface area contributed by atoms with Crippen LogP contribution in [0.25, 0.3) is 0 Å². The predicted molar refractivity (Wildman–Crippen MR) is 57.4 cm³/mol. The van der Waals surface area contributed by atoms with Crippen molar-refractivity contribution in [2.24, 2.45) is 0 Å². The van der Waals surface area contributed by atoms with Crippen LogP contribution in [0.15, 0.2) is 0 Å². The summed E-state index contributed by atoms with van der Waals surface area (Å²) in [6.45, 7) is 21.1. The van der Waals surface area contributed by atoms with Crippen molar-refractivity contribution >= 4 is 16.1 Å². The molecule has 0 aliphatic carbocycles. The molecule has 0 unspecified atom stereocenters. The van der Waals surface area contributed by atoms with Gasteiger partial charge in [-0.3, -0.25) is 0 Å². The SMILES string of the molecule is [CH2-][Si](C)(C)C.[CH2-][Si](C)(C)C.[Mn+2]. The monoisotopic (exact) mass is 229 g/mol. The molecule has 11 heavy (non-hydrogen) atoms. The van der Waals surface area contributed by atoms with Crippen molar-refractivity contribution in [1.29, 1.82) is 0 Å². The molecule has 0 aromatic carbocycles.